The first kappa shape index (κ1) is 17.0. The van der Waals surface area contributed by atoms with E-state index < -0.39 is 5.97 Å². The Morgan fingerprint density at radius 2 is 1.81 bits per heavy atom. The molecule has 0 radical (unpaired) electrons. The molecule has 5 heteroatoms. The molecule has 0 bridgehead atoms. The number of aliphatic carboxylic acids is 1. The highest BCUT2D eigenvalue weighted by atomic mass is 16.5. The highest BCUT2D eigenvalue weighted by molar-refractivity contribution is 5.76. The van der Waals surface area contributed by atoms with Crippen molar-refractivity contribution < 1.29 is 19.4 Å². The molecule has 116 valence electrons. The maximum Gasteiger partial charge on any atom is 0.341 e. The van der Waals surface area contributed by atoms with Crippen molar-refractivity contribution in [1.29, 1.82) is 0 Å². The van der Waals surface area contributed by atoms with E-state index in [9.17, 15) is 9.59 Å². The molecule has 2 N–H and O–H groups in total. The largest absolute Gasteiger partial charge is 0.482 e. The summed E-state index contributed by atoms with van der Waals surface area (Å²) in [6.45, 7) is 5.74. The number of carboxylic acid groups (broad SMARTS) is 1. The number of hydrogen-bond acceptors (Lipinski definition) is 3. The van der Waals surface area contributed by atoms with Crippen LogP contribution in [0.2, 0.25) is 0 Å². The highest BCUT2D eigenvalue weighted by Crippen LogP contribution is 2.18. The fraction of sp³-hybridized carbons (Fsp3) is 0.500. The van der Waals surface area contributed by atoms with Gasteiger partial charge in [0, 0.05) is 6.42 Å². The molecule has 1 amide bonds. The van der Waals surface area contributed by atoms with Gasteiger partial charge in [-0.25, -0.2) is 4.79 Å². The van der Waals surface area contributed by atoms with Crippen LogP contribution in [0.1, 0.15) is 45.2 Å². The van der Waals surface area contributed by atoms with E-state index in [1.165, 1.54) is 0 Å². The van der Waals surface area contributed by atoms with Gasteiger partial charge >= 0.3 is 5.97 Å². The zero-order valence-corrected chi connectivity index (χ0v) is 12.8. The molecule has 0 fully saturated rings. The van der Waals surface area contributed by atoms with E-state index in [0.717, 1.165) is 12.0 Å². The molecule has 0 heterocycles. The minimum Gasteiger partial charge on any atom is -0.482 e. The minimum atomic E-state index is -1.01. The Morgan fingerprint density at radius 1 is 1.19 bits per heavy atom. The summed E-state index contributed by atoms with van der Waals surface area (Å²) in [6.07, 6.45) is 1.41. The quantitative estimate of drug-likeness (QED) is 0.772. The lowest BCUT2D eigenvalue weighted by molar-refractivity contribution is -0.139. The van der Waals surface area contributed by atoms with Gasteiger partial charge in [-0.15, -0.1) is 0 Å². The van der Waals surface area contributed by atoms with E-state index in [4.69, 9.17) is 9.84 Å². The lowest BCUT2D eigenvalue weighted by atomic mass is 10.1. The van der Waals surface area contributed by atoms with Crippen molar-refractivity contribution in [3.8, 4) is 5.75 Å². The fourth-order valence-electron chi connectivity index (χ4n) is 1.81. The minimum absolute atomic E-state index is 0.0439. The van der Waals surface area contributed by atoms with E-state index in [1.807, 2.05) is 19.1 Å². The first-order valence-electron chi connectivity index (χ1n) is 7.12. The van der Waals surface area contributed by atoms with E-state index in [2.05, 4.69) is 19.2 Å². The molecular weight excluding hydrogens is 270 g/mol. The summed E-state index contributed by atoms with van der Waals surface area (Å²) in [6, 6.07) is 6.97. The van der Waals surface area contributed by atoms with E-state index in [1.54, 1.807) is 12.1 Å². The van der Waals surface area contributed by atoms with Crippen molar-refractivity contribution in [3.63, 3.8) is 0 Å². The molecule has 1 aromatic carbocycles. The van der Waals surface area contributed by atoms with Gasteiger partial charge in [0.05, 0.1) is 6.04 Å². The molecule has 1 aromatic rings. The molecule has 0 aromatic heterocycles. The Morgan fingerprint density at radius 3 is 2.33 bits per heavy atom. The van der Waals surface area contributed by atoms with Crippen LogP contribution in [0.3, 0.4) is 0 Å². The number of amides is 1. The fourth-order valence-corrected chi connectivity index (χ4v) is 1.81. The van der Waals surface area contributed by atoms with Crippen LogP contribution in [0.5, 0.6) is 5.75 Å². The average Bonchev–Trinajstić information content (AvgIpc) is 2.43. The number of ether oxygens (including phenoxy) is 1. The number of nitrogens with one attached hydrogen (secondary N) is 1. The Bertz CT molecular complexity index is 468. The van der Waals surface area contributed by atoms with Crippen LogP contribution >= 0.6 is 0 Å². The summed E-state index contributed by atoms with van der Waals surface area (Å²) in [5.41, 5.74) is 0.954. The SMILES string of the molecule is CC(C)CCC(=O)NC(C)c1ccc(OCC(=O)O)cc1. The molecule has 21 heavy (non-hydrogen) atoms. The molecule has 0 aliphatic carbocycles. The monoisotopic (exact) mass is 293 g/mol. The van der Waals surface area contributed by atoms with E-state index in [0.29, 0.717) is 18.1 Å². The number of carbonyl (C=O) groups is 2. The summed E-state index contributed by atoms with van der Waals surface area (Å²) in [5.74, 6) is 0.0449. The summed E-state index contributed by atoms with van der Waals surface area (Å²) in [7, 11) is 0. The van der Waals surface area contributed by atoms with Gasteiger partial charge < -0.3 is 15.2 Å². The van der Waals surface area contributed by atoms with Gasteiger partial charge in [-0.2, -0.15) is 0 Å². The van der Waals surface area contributed by atoms with Crippen LogP contribution in [0, 0.1) is 5.92 Å². The van der Waals surface area contributed by atoms with Crippen molar-refractivity contribution in [3.05, 3.63) is 29.8 Å². The Kier molecular flexibility index (Phi) is 6.72. The lowest BCUT2D eigenvalue weighted by Gasteiger charge is -2.15. The Balaban J connectivity index is 2.48. The second kappa shape index (κ2) is 8.29. The molecule has 0 saturated heterocycles. The van der Waals surface area contributed by atoms with Crippen LogP contribution in [0.25, 0.3) is 0 Å². The average molecular weight is 293 g/mol. The zero-order valence-electron chi connectivity index (χ0n) is 12.8. The van der Waals surface area contributed by atoms with Gasteiger partial charge in [-0.1, -0.05) is 26.0 Å². The van der Waals surface area contributed by atoms with Gasteiger partial charge in [0.1, 0.15) is 5.75 Å². The van der Waals surface area contributed by atoms with Gasteiger partial charge in [-0.05, 0) is 37.0 Å². The highest BCUT2D eigenvalue weighted by Gasteiger charge is 2.10. The van der Waals surface area contributed by atoms with Crippen molar-refractivity contribution in [2.24, 2.45) is 5.92 Å². The predicted molar refractivity (Wildman–Crippen MR) is 80.2 cm³/mol. The number of carbonyl (C=O) groups excluding carboxylic acids is 1. The molecule has 0 spiro atoms. The third-order valence-electron chi connectivity index (χ3n) is 3.07. The van der Waals surface area contributed by atoms with Crippen molar-refractivity contribution in [2.45, 2.75) is 39.7 Å². The molecule has 1 unspecified atom stereocenters. The topological polar surface area (TPSA) is 75.6 Å². The van der Waals surface area contributed by atoms with Crippen LogP contribution in [0.15, 0.2) is 24.3 Å². The second-order valence-electron chi connectivity index (χ2n) is 5.47. The van der Waals surface area contributed by atoms with E-state index >= 15 is 0 Å². The first-order chi connectivity index (χ1) is 9.88. The van der Waals surface area contributed by atoms with Gasteiger partial charge in [0.2, 0.25) is 5.91 Å². The molecule has 0 saturated carbocycles. The number of rotatable bonds is 8. The first-order valence-corrected chi connectivity index (χ1v) is 7.12. The third kappa shape index (κ3) is 6.79. The summed E-state index contributed by atoms with van der Waals surface area (Å²) >= 11 is 0. The zero-order chi connectivity index (χ0) is 15.8. The van der Waals surface area contributed by atoms with Crippen molar-refractivity contribution in [1.82, 2.24) is 5.32 Å². The lowest BCUT2D eigenvalue weighted by Crippen LogP contribution is -2.26. The molecule has 0 aliphatic heterocycles. The number of carboxylic acids is 1. The molecule has 0 aliphatic rings. The number of benzene rings is 1. The van der Waals surface area contributed by atoms with Crippen molar-refractivity contribution >= 4 is 11.9 Å². The van der Waals surface area contributed by atoms with Gasteiger partial charge in [-0.3, -0.25) is 4.79 Å². The third-order valence-corrected chi connectivity index (χ3v) is 3.07. The molecule has 1 rings (SSSR count). The molecule has 5 nitrogen and oxygen atoms in total. The summed E-state index contributed by atoms with van der Waals surface area (Å²) < 4.78 is 5.06. The standard InChI is InChI=1S/C16H23NO4/c1-11(2)4-9-15(18)17-12(3)13-5-7-14(8-6-13)21-10-16(19)20/h5-8,11-12H,4,9-10H2,1-3H3,(H,17,18)(H,19,20). The second-order valence-corrected chi connectivity index (χ2v) is 5.47. The van der Waals surface area contributed by atoms with Gasteiger partial charge in [0.15, 0.2) is 6.61 Å². The normalized spacial score (nSPS) is 12.0. The van der Waals surface area contributed by atoms with Crippen LogP contribution in [-0.2, 0) is 9.59 Å². The maximum absolute atomic E-state index is 11.8. The van der Waals surface area contributed by atoms with Gasteiger partial charge in [0.25, 0.3) is 0 Å². The number of hydrogen-bond donors (Lipinski definition) is 2. The summed E-state index contributed by atoms with van der Waals surface area (Å²) in [5, 5.41) is 11.5. The molecule has 1 atom stereocenters. The van der Waals surface area contributed by atoms with Crippen LogP contribution in [-0.4, -0.2) is 23.6 Å². The maximum atomic E-state index is 11.8. The Hall–Kier alpha value is -2.04. The van der Waals surface area contributed by atoms with Crippen LogP contribution < -0.4 is 10.1 Å². The smallest absolute Gasteiger partial charge is 0.341 e. The summed E-state index contributed by atoms with van der Waals surface area (Å²) in [4.78, 5) is 22.2. The van der Waals surface area contributed by atoms with Crippen molar-refractivity contribution in [2.75, 3.05) is 6.61 Å². The Labute approximate surface area is 125 Å². The van der Waals surface area contributed by atoms with Crippen LogP contribution in [0.4, 0.5) is 0 Å². The molecular formula is C16H23NO4. The predicted octanol–water partition coefficient (Wildman–Crippen LogP) is 2.76. The van der Waals surface area contributed by atoms with E-state index in [-0.39, 0.29) is 18.6 Å².